The Kier molecular flexibility index (Phi) is 33.7. The molecular formula is C108H118Cl2F8N6O12S4. The molecule has 32 heteroatoms. The fourth-order valence-electron chi connectivity index (χ4n) is 17.9. The van der Waals surface area contributed by atoms with E-state index in [2.05, 4.69) is 120 Å². The average Bonchev–Trinajstić information content (AvgIpc) is 1.60. The number of hydrogen-bond donors (Lipinski definition) is 6. The molecule has 6 N–H and O–H groups in total. The fraction of sp³-hybridized carbons (Fsp3) is 0.435. The molecule has 0 radical (unpaired) electrons. The molecule has 0 spiro atoms. The summed E-state index contributed by atoms with van der Waals surface area (Å²) in [5.74, 6) is -1.53. The number of hydrogen-bond acceptors (Lipinski definition) is 15. The Labute approximate surface area is 828 Å². The topological polar surface area (TPSA) is 272 Å². The first-order valence-corrected chi connectivity index (χ1v) is 53.9. The molecule has 140 heavy (non-hydrogen) atoms. The highest BCUT2D eigenvalue weighted by Gasteiger charge is 2.41. The molecule has 5 heterocycles. The summed E-state index contributed by atoms with van der Waals surface area (Å²) < 4.78 is 173. The van der Waals surface area contributed by atoms with Crippen molar-refractivity contribution in [3.8, 4) is 5.75 Å². The molecule has 5 unspecified atom stereocenters. The van der Waals surface area contributed by atoms with Gasteiger partial charge in [-0.1, -0.05) is 207 Å². The Balaban J connectivity index is 0.000000133. The van der Waals surface area contributed by atoms with Crippen LogP contribution in [0.2, 0.25) is 10.0 Å². The Morgan fingerprint density at radius 1 is 0.386 bits per heavy atom. The molecule has 8 aliphatic carbocycles. The van der Waals surface area contributed by atoms with Crippen molar-refractivity contribution >= 4 is 66.4 Å². The first kappa shape index (κ1) is 105. The quantitative estimate of drug-likeness (QED) is 0.0261. The predicted molar refractivity (Wildman–Crippen MR) is 534 cm³/mol. The summed E-state index contributed by atoms with van der Waals surface area (Å²) in [6.07, 6.45) is 13.1. The van der Waals surface area contributed by atoms with Crippen molar-refractivity contribution in [3.05, 3.63) is 358 Å². The Bertz CT molecular complexity index is 6520. The number of thioether (sulfide) groups is 2. The molecule has 5 aromatic heterocycles. The third-order valence-corrected chi connectivity index (χ3v) is 34.8. The highest BCUT2D eigenvalue weighted by atomic mass is 35.5. The van der Waals surface area contributed by atoms with Gasteiger partial charge in [0.15, 0.2) is 37.3 Å². The molecule has 0 saturated heterocycles. The normalized spacial score (nSPS) is 17.9. The molecule has 8 aliphatic rings. The zero-order chi connectivity index (χ0) is 99.8. The van der Waals surface area contributed by atoms with Gasteiger partial charge in [0.2, 0.25) is 0 Å². The van der Waals surface area contributed by atoms with Gasteiger partial charge in [0, 0.05) is 44.5 Å². The monoisotopic (exact) mass is 2040 g/mol. The van der Waals surface area contributed by atoms with E-state index in [9.17, 15) is 75.9 Å². The molecule has 0 aliphatic heterocycles. The van der Waals surface area contributed by atoms with Gasteiger partial charge in [-0.05, 0) is 262 Å². The number of aromatic nitrogens is 5. The van der Waals surface area contributed by atoms with Crippen molar-refractivity contribution in [2.75, 3.05) is 0 Å². The third-order valence-electron chi connectivity index (χ3n) is 26.6. The highest BCUT2D eigenvalue weighted by molar-refractivity contribution is 8.00. The van der Waals surface area contributed by atoms with Gasteiger partial charge in [0.05, 0.1) is 60.9 Å². The molecule has 11 aromatic rings. The SMILES string of the molecule is CC(C)(C)c1ccc(C(NC2CCCC2)c2ccc(Cl)c(=O)[nH]2)cc1.CC(C)(C)c1ccc(C(SC2CCCC2)c2ccc(Cl)c(=O)[nH]2)cc1.O=c1[nH]c(C(OC2CCCC2)c2ccc(S(=O)(=O)C3CC3)cc2)ccc1C(F)(F)F.O=c1[nH]c(C(OC2CCCC2)c2ccc(SC3CC3)cc2)ccc1C(F)(F)F.O=c1[nH]c(C(Oc2ccc(F)cc2F)c2ccc(S(=O)(=O)C3CC3)cc2)ccc1C1CC1. The number of H-pyrrole nitrogens is 5. The van der Waals surface area contributed by atoms with E-state index < -0.39 is 84.2 Å². The van der Waals surface area contributed by atoms with Crippen molar-refractivity contribution in [3.63, 3.8) is 0 Å². The van der Waals surface area contributed by atoms with Crippen LogP contribution >= 0.6 is 46.7 Å². The summed E-state index contributed by atoms with van der Waals surface area (Å²) >= 11 is 15.6. The number of ether oxygens (including phenoxy) is 3. The summed E-state index contributed by atoms with van der Waals surface area (Å²) in [5, 5.41) is 5.05. The number of sulfone groups is 2. The van der Waals surface area contributed by atoms with Crippen LogP contribution in [0.3, 0.4) is 0 Å². The van der Waals surface area contributed by atoms with Crippen molar-refractivity contribution in [2.45, 2.75) is 308 Å². The molecule has 18 nitrogen and oxygen atoms in total. The third kappa shape index (κ3) is 27.7. The maximum Gasteiger partial charge on any atom is 0.421 e. The lowest BCUT2D eigenvalue weighted by Crippen LogP contribution is -2.33. The lowest BCUT2D eigenvalue weighted by atomic mass is 9.86. The number of aromatic amines is 5. The van der Waals surface area contributed by atoms with Crippen LogP contribution < -0.4 is 37.8 Å². The zero-order valence-corrected chi connectivity index (χ0v) is 83.6. The standard InChI is InChI=1S/C24H21F2NO4S.C21H27ClN2O.C21H26ClNOS.C21H22F3NO4S.C21H22F3NO2S/c25-16-5-12-22(20(26)13-16)31-23(21-11-10-19(14-1-2-14)24(28)27-21)15-3-6-17(7-4-15)32(29,30)18-8-9-18;1-21(2,3)15-10-8-14(9-11-15)19(23-16-6-4-5-7-16)18-13-12-17(22)20(25)24-18;1-21(2,3)15-10-8-14(9-11-15)19(25-16-6-4-5-7-16)18-13-12-17(22)20(24)23-18;22-21(23,24)17-11-12-18(25-20(17)26)19(29-14-3-1-2-4-14)13-5-7-15(8-6-13)30(27,28)16-9-10-16;22-21(23,24)17-11-12-18(25-20(17)26)19(27-14-3-1-2-4-14)13-5-7-15(8-6-13)28-16-9-10-16/h3-7,10-14,18,23H,1-2,8-9H2,(H,27,28);8-13,16,19,23H,4-7H2,1-3H3,(H,24,25);8-13,16,19H,4-7H2,1-3H3,(H,23,24);5-8,11-12,14,16,19H,1-4,9-10H2,(H,25,26);5-8,11-12,14,16,19H,1-4,9-10H2,(H,25,26). The Hall–Kier alpha value is -9.63. The van der Waals surface area contributed by atoms with Crippen LogP contribution in [0.15, 0.2) is 239 Å². The number of pyridine rings is 5. The van der Waals surface area contributed by atoms with E-state index >= 15 is 0 Å². The largest absolute Gasteiger partial charge is 0.476 e. The molecule has 19 rings (SSSR count). The Morgan fingerprint density at radius 3 is 1.20 bits per heavy atom. The number of nitrogens with one attached hydrogen (secondary N) is 6. The number of benzene rings is 6. The summed E-state index contributed by atoms with van der Waals surface area (Å²) in [7, 11) is -6.71. The van der Waals surface area contributed by atoms with Crippen molar-refractivity contribution in [2.24, 2.45) is 0 Å². The minimum Gasteiger partial charge on any atom is -0.476 e. The van der Waals surface area contributed by atoms with Gasteiger partial charge in [0.25, 0.3) is 27.8 Å². The minimum atomic E-state index is -4.74. The van der Waals surface area contributed by atoms with Gasteiger partial charge in [-0.3, -0.25) is 24.0 Å². The maximum atomic E-state index is 14.3. The first-order chi connectivity index (χ1) is 66.6. The molecule has 0 amide bonds. The smallest absolute Gasteiger partial charge is 0.421 e. The lowest BCUT2D eigenvalue weighted by molar-refractivity contribution is -0.139. The van der Waals surface area contributed by atoms with Crippen LogP contribution in [-0.2, 0) is 52.3 Å². The summed E-state index contributed by atoms with van der Waals surface area (Å²) in [6.45, 7) is 13.3. The number of rotatable bonds is 27. The van der Waals surface area contributed by atoms with Crippen molar-refractivity contribution < 1.29 is 66.2 Å². The minimum absolute atomic E-state index is 0.0258. The molecule has 8 saturated carbocycles. The average molecular weight is 2040 g/mol. The van der Waals surface area contributed by atoms with Crippen LogP contribution in [0.5, 0.6) is 5.75 Å². The van der Waals surface area contributed by atoms with Gasteiger partial charge >= 0.3 is 12.4 Å². The van der Waals surface area contributed by atoms with Crippen LogP contribution in [0.25, 0.3) is 0 Å². The Morgan fingerprint density at radius 2 is 0.779 bits per heavy atom. The van der Waals surface area contributed by atoms with E-state index in [1.807, 2.05) is 59.9 Å². The van der Waals surface area contributed by atoms with E-state index in [4.69, 9.17) is 37.4 Å². The van der Waals surface area contributed by atoms with Crippen molar-refractivity contribution in [1.82, 2.24) is 30.2 Å². The van der Waals surface area contributed by atoms with Crippen LogP contribution in [-0.4, -0.2) is 81.0 Å². The second-order valence-corrected chi connectivity index (χ2v) is 47.7. The first-order valence-electron chi connectivity index (χ1n) is 48.2. The van der Waals surface area contributed by atoms with Gasteiger partial charge in [-0.25, -0.2) is 25.6 Å². The number of alkyl halides is 6. The fourth-order valence-corrected chi connectivity index (χ4v) is 24.1. The van der Waals surface area contributed by atoms with Crippen LogP contribution in [0.4, 0.5) is 35.1 Å². The van der Waals surface area contributed by atoms with Crippen LogP contribution in [0.1, 0.15) is 315 Å². The van der Waals surface area contributed by atoms with Gasteiger partial charge in [0.1, 0.15) is 39.2 Å². The zero-order valence-electron chi connectivity index (χ0n) is 78.8. The van der Waals surface area contributed by atoms with Crippen molar-refractivity contribution in [1.29, 1.82) is 0 Å². The van der Waals surface area contributed by atoms with E-state index in [-0.39, 0.29) is 98.7 Å². The summed E-state index contributed by atoms with van der Waals surface area (Å²) in [6, 6.07) is 56.1. The lowest BCUT2D eigenvalue weighted by Gasteiger charge is -2.25. The van der Waals surface area contributed by atoms with E-state index in [1.165, 1.54) is 128 Å². The second kappa shape index (κ2) is 45.1. The predicted octanol–water partition coefficient (Wildman–Crippen LogP) is 25.7. The maximum absolute atomic E-state index is 14.3. The second-order valence-electron chi connectivity index (χ2n) is 39.6. The molecule has 5 atom stereocenters. The van der Waals surface area contributed by atoms with E-state index in [0.717, 1.165) is 111 Å². The number of halogens is 10. The molecule has 0 bridgehead atoms. The van der Waals surface area contributed by atoms with Gasteiger partial charge < -0.3 is 44.4 Å². The van der Waals surface area contributed by atoms with Gasteiger partial charge in [-0.2, -0.15) is 26.3 Å². The highest BCUT2D eigenvalue weighted by Crippen LogP contribution is 2.47. The summed E-state index contributed by atoms with van der Waals surface area (Å²) in [5.41, 5.74) is 5.21. The molecule has 8 fully saturated rings. The molecule has 746 valence electrons. The summed E-state index contributed by atoms with van der Waals surface area (Å²) in [4.78, 5) is 75.7. The molecular weight excluding hydrogens is 1920 g/mol. The van der Waals surface area contributed by atoms with E-state index in [1.54, 1.807) is 48.5 Å². The van der Waals surface area contributed by atoms with Crippen LogP contribution in [0, 0.1) is 11.6 Å². The molecule has 6 aromatic carbocycles. The van der Waals surface area contributed by atoms with E-state index in [0.29, 0.717) is 70.3 Å². The van der Waals surface area contributed by atoms with Gasteiger partial charge in [-0.15, -0.1) is 23.5 Å².